The lowest BCUT2D eigenvalue weighted by Gasteiger charge is -2.12. The number of nitro groups is 1. The molecule has 0 unspecified atom stereocenters. The highest BCUT2D eigenvalue weighted by molar-refractivity contribution is 6.30. The van der Waals surface area contributed by atoms with Crippen LogP contribution in [0.2, 0.25) is 5.02 Å². The van der Waals surface area contributed by atoms with Crippen LogP contribution in [0.25, 0.3) is 0 Å². The van der Waals surface area contributed by atoms with Crippen LogP contribution in [0.4, 0.5) is 23.0 Å². The second-order valence-electron chi connectivity index (χ2n) is 6.21. The molecular formula is C19H17ClN6O3. The zero-order valence-corrected chi connectivity index (χ0v) is 16.3. The Bertz CT molecular complexity index is 1070. The summed E-state index contributed by atoms with van der Waals surface area (Å²) in [7, 11) is 0. The van der Waals surface area contributed by atoms with Crippen molar-refractivity contribution in [3.05, 3.63) is 80.6 Å². The fourth-order valence-corrected chi connectivity index (χ4v) is 2.75. The first-order valence-corrected chi connectivity index (χ1v) is 8.88. The van der Waals surface area contributed by atoms with Gasteiger partial charge in [0.1, 0.15) is 6.33 Å². The molecule has 0 radical (unpaired) electrons. The smallest absolute Gasteiger partial charge is 0.334 e. The summed E-state index contributed by atoms with van der Waals surface area (Å²) in [4.78, 5) is 31.1. The number of nitrogens with one attached hydrogen (secondary N) is 3. The number of nitrogens with zero attached hydrogens (tertiary/aromatic N) is 3. The Balaban J connectivity index is 1.83. The topological polar surface area (TPSA) is 122 Å². The van der Waals surface area contributed by atoms with Crippen molar-refractivity contribution in [2.24, 2.45) is 0 Å². The van der Waals surface area contributed by atoms with Crippen LogP contribution in [0.3, 0.4) is 0 Å². The molecule has 3 N–H and O–H groups in total. The molecule has 0 aliphatic heterocycles. The minimum absolute atomic E-state index is 0.0255. The molecule has 0 fully saturated rings. The Kier molecular flexibility index (Phi) is 5.89. The second-order valence-corrected chi connectivity index (χ2v) is 6.64. The van der Waals surface area contributed by atoms with Gasteiger partial charge in [0.25, 0.3) is 5.91 Å². The Hall–Kier alpha value is -3.72. The van der Waals surface area contributed by atoms with Crippen LogP contribution in [0.1, 0.15) is 21.5 Å². The molecule has 29 heavy (non-hydrogen) atoms. The largest absolute Gasteiger partial charge is 0.355 e. The lowest BCUT2D eigenvalue weighted by molar-refractivity contribution is -0.383. The first kappa shape index (κ1) is 20.0. The number of halogens is 1. The van der Waals surface area contributed by atoms with E-state index >= 15 is 0 Å². The summed E-state index contributed by atoms with van der Waals surface area (Å²) in [6.45, 7) is 3.71. The molecule has 1 heterocycles. The van der Waals surface area contributed by atoms with E-state index in [1.807, 2.05) is 13.8 Å². The molecule has 10 heteroatoms. The molecular weight excluding hydrogens is 396 g/mol. The minimum Gasteiger partial charge on any atom is -0.334 e. The van der Waals surface area contributed by atoms with Gasteiger partial charge in [-0.1, -0.05) is 29.3 Å². The number of hydrogen-bond acceptors (Lipinski definition) is 7. The predicted octanol–water partition coefficient (Wildman–Crippen LogP) is 4.16. The van der Waals surface area contributed by atoms with Crippen LogP contribution >= 0.6 is 11.6 Å². The fraction of sp³-hybridized carbons (Fsp3) is 0.105. The van der Waals surface area contributed by atoms with E-state index in [1.54, 1.807) is 42.5 Å². The molecule has 3 aromatic rings. The minimum atomic E-state index is -0.631. The molecule has 0 saturated heterocycles. The van der Waals surface area contributed by atoms with Crippen molar-refractivity contribution in [1.29, 1.82) is 0 Å². The molecule has 0 aliphatic carbocycles. The monoisotopic (exact) mass is 412 g/mol. The Morgan fingerprint density at radius 1 is 1.07 bits per heavy atom. The molecule has 1 aromatic heterocycles. The van der Waals surface area contributed by atoms with Gasteiger partial charge in [-0.15, -0.1) is 0 Å². The van der Waals surface area contributed by atoms with Gasteiger partial charge in [0, 0.05) is 16.3 Å². The number of hydrazine groups is 1. The van der Waals surface area contributed by atoms with Gasteiger partial charge in [0.05, 0.1) is 4.92 Å². The van der Waals surface area contributed by atoms with Gasteiger partial charge in [-0.2, -0.15) is 0 Å². The second kappa shape index (κ2) is 8.53. The Labute approximate surface area is 171 Å². The molecule has 0 atom stereocenters. The summed E-state index contributed by atoms with van der Waals surface area (Å²) in [5, 5.41) is 15.1. The van der Waals surface area contributed by atoms with Gasteiger partial charge in [0.15, 0.2) is 0 Å². The van der Waals surface area contributed by atoms with Gasteiger partial charge in [-0.25, -0.2) is 9.97 Å². The summed E-state index contributed by atoms with van der Waals surface area (Å²) in [6.07, 6.45) is 1.15. The molecule has 0 saturated carbocycles. The van der Waals surface area contributed by atoms with Gasteiger partial charge >= 0.3 is 5.69 Å². The first-order chi connectivity index (χ1) is 13.8. The van der Waals surface area contributed by atoms with E-state index in [2.05, 4.69) is 26.1 Å². The molecule has 0 bridgehead atoms. The highest BCUT2D eigenvalue weighted by Crippen LogP contribution is 2.32. The van der Waals surface area contributed by atoms with Gasteiger partial charge in [-0.05, 0) is 49.7 Å². The number of rotatable bonds is 6. The first-order valence-electron chi connectivity index (χ1n) is 8.50. The number of hydrogen-bond donors (Lipinski definition) is 3. The van der Waals surface area contributed by atoms with Crippen molar-refractivity contribution in [2.45, 2.75) is 13.8 Å². The summed E-state index contributed by atoms with van der Waals surface area (Å²) >= 11 is 5.95. The summed E-state index contributed by atoms with van der Waals surface area (Å²) in [5.41, 5.74) is 7.30. The maximum atomic E-state index is 12.2. The number of aromatic nitrogens is 2. The zero-order valence-electron chi connectivity index (χ0n) is 15.6. The van der Waals surface area contributed by atoms with Gasteiger partial charge < -0.3 is 5.32 Å². The van der Waals surface area contributed by atoms with Crippen LogP contribution in [0.15, 0.2) is 48.8 Å². The van der Waals surface area contributed by atoms with Crippen molar-refractivity contribution in [1.82, 2.24) is 15.4 Å². The summed E-state index contributed by atoms with van der Waals surface area (Å²) in [5.74, 6) is -0.636. The fourth-order valence-electron chi connectivity index (χ4n) is 2.52. The van der Waals surface area contributed by atoms with Crippen molar-refractivity contribution in [3.8, 4) is 0 Å². The molecule has 0 spiro atoms. The number of aryl methyl sites for hydroxylation is 2. The maximum absolute atomic E-state index is 12.2. The van der Waals surface area contributed by atoms with Crippen molar-refractivity contribution in [3.63, 3.8) is 0 Å². The number of benzene rings is 2. The molecule has 3 rings (SSSR count). The highest BCUT2D eigenvalue weighted by atomic mass is 35.5. The van der Waals surface area contributed by atoms with Crippen LogP contribution < -0.4 is 16.2 Å². The van der Waals surface area contributed by atoms with E-state index in [1.165, 1.54) is 0 Å². The predicted molar refractivity (Wildman–Crippen MR) is 110 cm³/mol. The third kappa shape index (κ3) is 4.77. The molecule has 0 aliphatic rings. The van der Waals surface area contributed by atoms with E-state index in [0.29, 0.717) is 16.3 Å². The summed E-state index contributed by atoms with van der Waals surface area (Å²) < 4.78 is 0. The van der Waals surface area contributed by atoms with Crippen molar-refractivity contribution >= 4 is 40.5 Å². The van der Waals surface area contributed by atoms with Crippen LogP contribution in [0.5, 0.6) is 0 Å². The lowest BCUT2D eigenvalue weighted by atomic mass is 10.1. The third-order valence-electron chi connectivity index (χ3n) is 4.05. The Morgan fingerprint density at radius 2 is 1.76 bits per heavy atom. The highest BCUT2D eigenvalue weighted by Gasteiger charge is 2.24. The molecule has 148 valence electrons. The van der Waals surface area contributed by atoms with Crippen molar-refractivity contribution < 1.29 is 9.72 Å². The maximum Gasteiger partial charge on any atom is 0.355 e. The van der Waals surface area contributed by atoms with E-state index in [4.69, 9.17) is 11.6 Å². The standard InChI is InChI=1S/C19H17ClN6O3/c1-11-3-5-13(6-4-11)19(27)25-24-18-16(26(28)29)17(21-10-22-18)23-15-8-7-14(20)9-12(15)2/h3-10H,1-2H3,(H,25,27)(H2,21,22,23,24). The Morgan fingerprint density at radius 3 is 2.41 bits per heavy atom. The normalized spacial score (nSPS) is 10.3. The van der Waals surface area contributed by atoms with Gasteiger partial charge in [0.2, 0.25) is 11.6 Å². The number of carbonyl (C=O) groups excluding carboxylic acids is 1. The van der Waals surface area contributed by atoms with Crippen LogP contribution in [0, 0.1) is 24.0 Å². The molecule has 2 aromatic carbocycles. The van der Waals surface area contributed by atoms with E-state index in [9.17, 15) is 14.9 Å². The third-order valence-corrected chi connectivity index (χ3v) is 4.29. The number of anilines is 3. The lowest BCUT2D eigenvalue weighted by Crippen LogP contribution is -2.30. The number of carbonyl (C=O) groups is 1. The summed E-state index contributed by atoms with van der Waals surface area (Å²) in [6, 6.07) is 11.9. The van der Waals surface area contributed by atoms with Crippen LogP contribution in [-0.2, 0) is 0 Å². The van der Waals surface area contributed by atoms with Crippen LogP contribution in [-0.4, -0.2) is 20.8 Å². The zero-order chi connectivity index (χ0) is 21.0. The van der Waals surface area contributed by atoms with E-state index in [0.717, 1.165) is 17.5 Å². The quantitative estimate of drug-likeness (QED) is 0.410. The van der Waals surface area contributed by atoms with E-state index in [-0.39, 0.29) is 11.6 Å². The number of amides is 1. The van der Waals surface area contributed by atoms with Gasteiger partial charge in [-0.3, -0.25) is 25.8 Å². The average Bonchev–Trinajstić information content (AvgIpc) is 2.68. The average molecular weight is 413 g/mol. The van der Waals surface area contributed by atoms with E-state index < -0.39 is 16.5 Å². The molecule has 9 nitrogen and oxygen atoms in total. The van der Waals surface area contributed by atoms with Crippen molar-refractivity contribution in [2.75, 3.05) is 10.7 Å². The molecule has 1 amide bonds. The SMILES string of the molecule is Cc1ccc(C(=O)NNc2ncnc(Nc3ccc(Cl)cc3C)c2[N+](=O)[O-])cc1.